The van der Waals surface area contributed by atoms with Crippen LogP contribution in [0.4, 0.5) is 0 Å². The van der Waals surface area contributed by atoms with Crippen molar-refractivity contribution < 1.29 is 283 Å². The molecule has 274 valence electrons. The molecule has 0 aliphatic heterocycles. The first-order valence-electron chi connectivity index (χ1n) is 11.4. The Morgan fingerprint density at radius 3 is 0.431 bits per heavy atom. The van der Waals surface area contributed by atoms with E-state index in [1.165, 1.54) is 0 Å². The zero-order chi connectivity index (χ0) is 24.7. The maximum atomic E-state index is 4.19. The number of pyridine rings is 6. The van der Waals surface area contributed by atoms with Crippen LogP contribution in [-0.4, -0.2) is 109 Å². The van der Waals surface area contributed by atoms with Crippen molar-refractivity contribution >= 4 is 78.6 Å². The second kappa shape index (κ2) is 58.3. The van der Waals surface area contributed by atoms with E-state index in [9.17, 15) is 0 Å². The minimum absolute atomic E-state index is 0. The van der Waals surface area contributed by atoms with E-state index in [4.69, 9.17) is 0 Å². The molecule has 6 aromatic heterocycles. The Morgan fingerprint density at radius 1 is 0.235 bits per heavy atom. The third-order valence-corrected chi connectivity index (χ3v) is 4.78. The Bertz CT molecular complexity index is 1150. The van der Waals surface area contributed by atoms with E-state index in [0.717, 1.165) is 34.2 Å². The van der Waals surface area contributed by atoms with E-state index >= 15 is 0 Å². The smallest absolute Gasteiger partial charge is 1.00 e. The summed E-state index contributed by atoms with van der Waals surface area (Å²) < 4.78 is 0. The summed E-state index contributed by atoms with van der Waals surface area (Å²) in [4.78, 5) is 25.1. The molecule has 0 aliphatic carbocycles. The normalized spacial score (nSPS) is 6.82. The van der Waals surface area contributed by atoms with Crippen molar-refractivity contribution in [3.63, 3.8) is 0 Å². The van der Waals surface area contributed by atoms with Gasteiger partial charge in [0, 0.05) is 37.2 Å². The van der Waals surface area contributed by atoms with Gasteiger partial charge < -0.3 is 264 Å². The Morgan fingerprint density at radius 2 is 0.353 bits per heavy atom. The molecule has 0 saturated carbocycles. The van der Waals surface area contributed by atoms with Crippen LogP contribution in [0, 0.1) is 0 Å². The third kappa shape index (κ3) is 37.7. The van der Waals surface area contributed by atoms with Gasteiger partial charge in [0.15, 0.2) is 0 Å². The Labute approximate surface area is 559 Å². The van der Waals surface area contributed by atoms with Gasteiger partial charge in [-0.2, -0.15) is 0 Å². The van der Waals surface area contributed by atoms with Gasteiger partial charge in [-0.05, 0) is 72.8 Å². The average Bonchev–Trinajstić information content (AvgIpc) is 3.01. The molecule has 0 bridgehead atoms. The van der Waals surface area contributed by atoms with Crippen LogP contribution in [0.15, 0.2) is 146 Å². The fraction of sp³-hybridized carbons (Fsp3) is 0. The molecular formula is C30H24Bi3I11N6Ru. The predicted octanol–water partition coefficient (Wildman–Crippen LogP) is -27.7. The average molecular weight is 2590 g/mol. The quantitative estimate of drug-likeness (QED) is 0.130. The largest absolute Gasteiger partial charge is 3.00 e. The van der Waals surface area contributed by atoms with Crippen molar-refractivity contribution in [1.29, 1.82) is 0 Å². The molecule has 6 rings (SSSR count). The second-order valence-electron chi connectivity index (χ2n) is 7.29. The molecule has 8 radical (unpaired) electrons. The zero-order valence-electron chi connectivity index (χ0n) is 25.4. The first kappa shape index (κ1) is 88.4. The molecular weight excluding hydrogens is 2570 g/mol. The monoisotopic (exact) mass is 2590 g/mol. The van der Waals surface area contributed by atoms with Gasteiger partial charge in [-0.25, -0.2) is 0 Å². The maximum Gasteiger partial charge on any atom is 3.00 e. The van der Waals surface area contributed by atoms with E-state index in [-0.39, 0.29) is 362 Å². The molecule has 0 saturated heterocycles. The van der Waals surface area contributed by atoms with Crippen molar-refractivity contribution in [2.24, 2.45) is 0 Å². The van der Waals surface area contributed by atoms with Gasteiger partial charge in [0.2, 0.25) is 0 Å². The Kier molecular flexibility index (Phi) is 101. The minimum atomic E-state index is 0. The first-order valence-corrected chi connectivity index (χ1v) is 11.4. The minimum Gasteiger partial charge on any atom is -1.00 e. The van der Waals surface area contributed by atoms with E-state index in [0.29, 0.717) is 0 Å². The van der Waals surface area contributed by atoms with Gasteiger partial charge in [-0.15, -0.1) is 0 Å². The summed E-state index contributed by atoms with van der Waals surface area (Å²) in [7, 11) is 0. The Balaban J connectivity index is -0.0000000390. The third-order valence-electron chi connectivity index (χ3n) is 4.78. The molecule has 0 aromatic carbocycles. The number of halogens is 11. The fourth-order valence-electron chi connectivity index (χ4n) is 3.09. The summed E-state index contributed by atoms with van der Waals surface area (Å²) in [5.41, 5.74) is 5.49. The summed E-state index contributed by atoms with van der Waals surface area (Å²) in [6.07, 6.45) is 10.6. The van der Waals surface area contributed by atoms with Crippen LogP contribution in [0.2, 0.25) is 0 Å². The molecule has 0 unspecified atom stereocenters. The molecule has 6 aromatic rings. The van der Waals surface area contributed by atoms with Crippen LogP contribution in [0.1, 0.15) is 0 Å². The van der Waals surface area contributed by atoms with Crippen LogP contribution in [-0.2, 0) is 19.5 Å². The standard InChI is InChI=1S/3C10H8N2.3Bi.11HI.Ru/c3*1-3-7-11-9(5-1)10-6-2-4-8-12-10;;;;;;;;;;;;;;;/h3*1-8H;;;;11*1H;/q;;;+2;2*+3;;;;;;;;;;;;+3/p-11. The molecule has 51 heavy (non-hydrogen) atoms. The van der Waals surface area contributed by atoms with Crippen LogP contribution in [0.25, 0.3) is 34.2 Å². The molecule has 0 amide bonds. The molecule has 0 atom stereocenters. The van der Waals surface area contributed by atoms with Gasteiger partial charge in [0.05, 0.1) is 34.2 Å². The first-order chi connectivity index (χ1) is 17.9. The summed E-state index contributed by atoms with van der Waals surface area (Å²) in [5.74, 6) is 0. The molecule has 0 spiro atoms. The topological polar surface area (TPSA) is 77.3 Å². The number of rotatable bonds is 3. The van der Waals surface area contributed by atoms with Gasteiger partial charge in [0.1, 0.15) is 0 Å². The molecule has 0 fully saturated rings. The summed E-state index contributed by atoms with van der Waals surface area (Å²) in [6.45, 7) is 0. The van der Waals surface area contributed by atoms with Crippen LogP contribution < -0.4 is 264 Å². The van der Waals surface area contributed by atoms with E-state index < -0.39 is 0 Å². The van der Waals surface area contributed by atoms with Crippen LogP contribution in [0.3, 0.4) is 0 Å². The fourth-order valence-corrected chi connectivity index (χ4v) is 3.09. The summed E-state index contributed by atoms with van der Waals surface area (Å²) in [6, 6.07) is 34.8. The van der Waals surface area contributed by atoms with E-state index in [2.05, 4.69) is 29.9 Å². The molecule has 0 N–H and O–H groups in total. The van der Waals surface area contributed by atoms with Crippen molar-refractivity contribution in [3.8, 4) is 34.2 Å². The van der Waals surface area contributed by atoms with E-state index in [1.54, 1.807) is 37.2 Å². The molecule has 6 heterocycles. The maximum absolute atomic E-state index is 4.19. The zero-order valence-corrected chi connectivity index (χ0v) is 61.3. The van der Waals surface area contributed by atoms with Gasteiger partial charge in [-0.3, -0.25) is 29.9 Å². The number of nitrogens with zero attached hydrogens (tertiary/aromatic N) is 6. The molecule has 21 heteroatoms. The summed E-state index contributed by atoms with van der Waals surface area (Å²) >= 11 is 0. The number of aromatic nitrogens is 6. The SMILES string of the molecule is [Bi+2].[Bi+3].[Bi+3].[I-].[I-].[I-].[I-].[I-].[I-].[I-].[I-].[I-].[I-].[I-].[Ru+3].c1ccc(-c2ccccn2)nc1.c1ccc(-c2ccccn2)nc1.c1ccc(-c2ccccn2)nc1. The van der Waals surface area contributed by atoms with Crippen molar-refractivity contribution in [3.05, 3.63) is 146 Å². The summed E-state index contributed by atoms with van der Waals surface area (Å²) in [5, 5.41) is 0. The molecule has 0 aliphatic rings. The van der Waals surface area contributed by atoms with Gasteiger partial charge in [0.25, 0.3) is 0 Å². The molecule has 6 nitrogen and oxygen atoms in total. The van der Waals surface area contributed by atoms with Crippen LogP contribution >= 0.6 is 0 Å². The van der Waals surface area contributed by atoms with Crippen molar-refractivity contribution in [2.75, 3.05) is 0 Å². The number of hydrogen-bond acceptors (Lipinski definition) is 6. The van der Waals surface area contributed by atoms with Crippen molar-refractivity contribution in [2.45, 2.75) is 0 Å². The van der Waals surface area contributed by atoms with E-state index in [1.807, 2.05) is 109 Å². The van der Waals surface area contributed by atoms with Crippen LogP contribution in [0.5, 0.6) is 0 Å². The van der Waals surface area contributed by atoms with Crippen molar-refractivity contribution in [1.82, 2.24) is 29.9 Å². The second-order valence-corrected chi connectivity index (χ2v) is 7.29. The predicted molar refractivity (Wildman–Crippen MR) is 160 cm³/mol. The number of hydrogen-bond donors (Lipinski definition) is 0. The van der Waals surface area contributed by atoms with Gasteiger partial charge in [-0.1, -0.05) is 36.4 Å². The Hall–Kier alpha value is 6.20. The van der Waals surface area contributed by atoms with Gasteiger partial charge >= 0.3 is 98.1 Å².